The van der Waals surface area contributed by atoms with Crippen LogP contribution in [-0.4, -0.2) is 4.37 Å². The zero-order chi connectivity index (χ0) is 10.7. The van der Waals surface area contributed by atoms with E-state index in [9.17, 15) is 0 Å². The largest absolute Gasteiger partial charge is 0.488 e. The number of hydrogen-bond acceptors (Lipinski definition) is 4. The molecule has 2 rings (SSSR count). The lowest BCUT2D eigenvalue weighted by atomic mass is 10.2. The fourth-order valence-corrected chi connectivity index (χ4v) is 1.75. The molecule has 0 aliphatic rings. The molecule has 78 valence electrons. The van der Waals surface area contributed by atoms with Crippen molar-refractivity contribution < 1.29 is 4.74 Å². The summed E-state index contributed by atoms with van der Waals surface area (Å²) in [7, 11) is 0. The number of nitrogens with zero attached hydrogens (tertiary/aromatic N) is 1. The average molecular weight is 220 g/mol. The molecule has 1 aromatic heterocycles. The van der Waals surface area contributed by atoms with Crippen molar-refractivity contribution in [2.24, 2.45) is 0 Å². The first-order chi connectivity index (χ1) is 7.24. The highest BCUT2D eigenvalue weighted by Crippen LogP contribution is 2.16. The molecule has 4 heteroatoms. The summed E-state index contributed by atoms with van der Waals surface area (Å²) < 4.78 is 9.56. The van der Waals surface area contributed by atoms with E-state index in [1.807, 2.05) is 37.3 Å². The summed E-state index contributed by atoms with van der Waals surface area (Å²) in [4.78, 5) is 1.04. The quantitative estimate of drug-likeness (QED) is 0.865. The van der Waals surface area contributed by atoms with Crippen LogP contribution in [0.15, 0.2) is 30.3 Å². The Bertz CT molecular complexity index is 436. The number of hydrogen-bond donors (Lipinski definition) is 1. The Morgan fingerprint density at radius 1 is 1.33 bits per heavy atom. The number of aromatic nitrogens is 1. The van der Waals surface area contributed by atoms with Crippen LogP contribution in [0.4, 0.5) is 5.82 Å². The summed E-state index contributed by atoms with van der Waals surface area (Å²) in [6, 6.07) is 9.80. The van der Waals surface area contributed by atoms with Crippen LogP contribution in [0.25, 0.3) is 0 Å². The first-order valence-electron chi connectivity index (χ1n) is 4.64. The van der Waals surface area contributed by atoms with Gasteiger partial charge in [0.05, 0.1) is 4.88 Å². The van der Waals surface area contributed by atoms with Crippen LogP contribution in [0.3, 0.4) is 0 Å². The topological polar surface area (TPSA) is 48.1 Å². The van der Waals surface area contributed by atoms with Gasteiger partial charge in [-0.05, 0) is 36.7 Å². The lowest BCUT2D eigenvalue weighted by Gasteiger charge is -2.03. The van der Waals surface area contributed by atoms with E-state index in [2.05, 4.69) is 4.37 Å². The van der Waals surface area contributed by atoms with E-state index in [-0.39, 0.29) is 0 Å². The normalized spacial score (nSPS) is 10.2. The van der Waals surface area contributed by atoms with Crippen LogP contribution in [-0.2, 0) is 6.61 Å². The minimum Gasteiger partial charge on any atom is -0.488 e. The van der Waals surface area contributed by atoms with E-state index in [0.29, 0.717) is 12.4 Å². The molecular weight excluding hydrogens is 208 g/mol. The first kappa shape index (κ1) is 9.98. The Balaban J connectivity index is 1.96. The van der Waals surface area contributed by atoms with Gasteiger partial charge in [0.25, 0.3) is 0 Å². The van der Waals surface area contributed by atoms with Gasteiger partial charge in [0.15, 0.2) is 0 Å². The van der Waals surface area contributed by atoms with Crippen LogP contribution in [0.2, 0.25) is 0 Å². The molecule has 15 heavy (non-hydrogen) atoms. The van der Waals surface area contributed by atoms with Crippen molar-refractivity contribution in [3.8, 4) is 5.75 Å². The zero-order valence-corrected chi connectivity index (χ0v) is 9.25. The second kappa shape index (κ2) is 4.31. The van der Waals surface area contributed by atoms with E-state index in [1.54, 1.807) is 0 Å². The molecule has 0 saturated heterocycles. The highest BCUT2D eigenvalue weighted by atomic mass is 32.1. The van der Waals surface area contributed by atoms with Crippen LogP contribution < -0.4 is 10.5 Å². The van der Waals surface area contributed by atoms with Gasteiger partial charge in [0, 0.05) is 0 Å². The van der Waals surface area contributed by atoms with Crippen LogP contribution in [0, 0.1) is 6.92 Å². The van der Waals surface area contributed by atoms with E-state index in [4.69, 9.17) is 10.5 Å². The molecule has 0 spiro atoms. The van der Waals surface area contributed by atoms with Crippen molar-refractivity contribution in [2.75, 3.05) is 5.73 Å². The molecule has 0 aliphatic carbocycles. The third kappa shape index (κ3) is 2.70. The molecule has 0 aliphatic heterocycles. The van der Waals surface area contributed by atoms with E-state index in [0.717, 1.165) is 10.6 Å². The maximum Gasteiger partial charge on any atom is 0.137 e. The molecule has 0 amide bonds. The summed E-state index contributed by atoms with van der Waals surface area (Å²) in [6.45, 7) is 2.57. The third-order valence-corrected chi connectivity index (χ3v) is 2.75. The number of nitrogens with two attached hydrogens (primary N) is 1. The van der Waals surface area contributed by atoms with Gasteiger partial charge in [-0.3, -0.25) is 0 Å². The van der Waals surface area contributed by atoms with Crippen molar-refractivity contribution in [3.63, 3.8) is 0 Å². The van der Waals surface area contributed by atoms with Crippen LogP contribution >= 0.6 is 11.5 Å². The molecule has 2 N–H and O–H groups in total. The smallest absolute Gasteiger partial charge is 0.137 e. The Morgan fingerprint density at radius 2 is 2.07 bits per heavy atom. The van der Waals surface area contributed by atoms with Gasteiger partial charge in [0.1, 0.15) is 18.2 Å². The minimum absolute atomic E-state index is 0.526. The Kier molecular flexibility index (Phi) is 2.87. The minimum atomic E-state index is 0.526. The number of benzene rings is 1. The van der Waals surface area contributed by atoms with Crippen LogP contribution in [0.1, 0.15) is 10.4 Å². The maximum absolute atomic E-state index is 5.58. The summed E-state index contributed by atoms with van der Waals surface area (Å²) in [6.07, 6.45) is 0. The molecule has 2 aromatic rings. The van der Waals surface area contributed by atoms with Crippen molar-refractivity contribution in [1.82, 2.24) is 4.37 Å². The molecule has 0 saturated carbocycles. The van der Waals surface area contributed by atoms with Crippen molar-refractivity contribution in [2.45, 2.75) is 13.5 Å². The van der Waals surface area contributed by atoms with Gasteiger partial charge in [0.2, 0.25) is 0 Å². The number of ether oxygens (including phenoxy) is 1. The number of nitrogen functional groups attached to an aromatic ring is 1. The molecular formula is C11H12N2OS. The summed E-state index contributed by atoms with van der Waals surface area (Å²) in [5.74, 6) is 1.43. The zero-order valence-electron chi connectivity index (χ0n) is 8.43. The van der Waals surface area contributed by atoms with E-state index in [1.165, 1.54) is 17.1 Å². The molecule has 3 nitrogen and oxygen atoms in total. The second-order valence-electron chi connectivity index (χ2n) is 3.32. The van der Waals surface area contributed by atoms with Gasteiger partial charge in [-0.15, -0.1) is 0 Å². The molecule has 0 unspecified atom stereocenters. The van der Waals surface area contributed by atoms with Gasteiger partial charge < -0.3 is 10.5 Å². The molecule has 0 atom stereocenters. The Labute approximate surface area is 92.7 Å². The maximum atomic E-state index is 5.58. The second-order valence-corrected chi connectivity index (χ2v) is 4.21. The first-order valence-corrected chi connectivity index (χ1v) is 5.42. The fraction of sp³-hybridized carbons (Fsp3) is 0.182. The summed E-state index contributed by atoms with van der Waals surface area (Å²) in [5.41, 5.74) is 6.74. The van der Waals surface area contributed by atoms with Gasteiger partial charge >= 0.3 is 0 Å². The number of rotatable bonds is 3. The lowest BCUT2D eigenvalue weighted by molar-refractivity contribution is 0.310. The predicted octanol–water partition coefficient (Wildman–Crippen LogP) is 2.61. The third-order valence-electron chi connectivity index (χ3n) is 1.98. The van der Waals surface area contributed by atoms with Gasteiger partial charge in [-0.25, -0.2) is 0 Å². The molecule has 0 bridgehead atoms. The highest BCUT2D eigenvalue weighted by molar-refractivity contribution is 7.06. The molecule has 0 fully saturated rings. The van der Waals surface area contributed by atoms with Crippen molar-refractivity contribution in [1.29, 1.82) is 0 Å². The highest BCUT2D eigenvalue weighted by Gasteiger charge is 1.99. The molecule has 1 aromatic carbocycles. The van der Waals surface area contributed by atoms with Crippen LogP contribution in [0.5, 0.6) is 5.75 Å². The number of anilines is 1. The van der Waals surface area contributed by atoms with Gasteiger partial charge in [-0.1, -0.05) is 17.7 Å². The average Bonchev–Trinajstić information content (AvgIpc) is 2.64. The lowest BCUT2D eigenvalue weighted by Crippen LogP contribution is -1.92. The Hall–Kier alpha value is -1.55. The van der Waals surface area contributed by atoms with E-state index >= 15 is 0 Å². The van der Waals surface area contributed by atoms with Crippen molar-refractivity contribution >= 4 is 17.4 Å². The fourth-order valence-electron chi connectivity index (χ4n) is 1.19. The molecule has 0 radical (unpaired) electrons. The predicted molar refractivity (Wildman–Crippen MR) is 62.0 cm³/mol. The van der Waals surface area contributed by atoms with Crippen molar-refractivity contribution in [3.05, 3.63) is 40.8 Å². The summed E-state index contributed by atoms with van der Waals surface area (Å²) >= 11 is 1.37. The number of aryl methyl sites for hydroxylation is 1. The van der Waals surface area contributed by atoms with E-state index < -0.39 is 0 Å². The molecule has 1 heterocycles. The standard InChI is InChI=1S/C11H12N2OS/c1-8-2-4-9(5-3-8)14-7-10-6-11(12)13-15-10/h2-6H,7H2,1H3,(H2,12,13). The van der Waals surface area contributed by atoms with Gasteiger partial charge in [-0.2, -0.15) is 4.37 Å². The Morgan fingerprint density at radius 3 is 2.67 bits per heavy atom. The SMILES string of the molecule is Cc1ccc(OCc2cc(N)ns2)cc1. The summed E-state index contributed by atoms with van der Waals surface area (Å²) in [5, 5.41) is 0. The monoisotopic (exact) mass is 220 g/mol.